The van der Waals surface area contributed by atoms with Crippen molar-refractivity contribution in [1.82, 2.24) is 0 Å². The van der Waals surface area contributed by atoms with Gasteiger partial charge in [-0.15, -0.1) is 0 Å². The van der Waals surface area contributed by atoms with E-state index in [1.165, 1.54) is 18.2 Å². The van der Waals surface area contributed by atoms with E-state index < -0.39 is 4.92 Å². The van der Waals surface area contributed by atoms with E-state index in [4.69, 9.17) is 21.4 Å². The third-order valence-electron chi connectivity index (χ3n) is 2.76. The number of aliphatic hydroxyl groups is 1. The molecule has 0 saturated carbocycles. The van der Waals surface area contributed by atoms with Crippen molar-refractivity contribution in [2.75, 3.05) is 0 Å². The van der Waals surface area contributed by atoms with E-state index in [0.29, 0.717) is 10.8 Å². The summed E-state index contributed by atoms with van der Waals surface area (Å²) in [7, 11) is 0. The number of aryl methyl sites for hydroxylation is 1. The van der Waals surface area contributed by atoms with Crippen LogP contribution < -0.4 is 4.74 Å². The number of aliphatic hydroxyl groups excluding tert-OH is 1. The van der Waals surface area contributed by atoms with Crippen molar-refractivity contribution in [3.05, 3.63) is 62.7 Å². The molecule has 0 fully saturated rings. The van der Waals surface area contributed by atoms with Crippen LogP contribution >= 0.6 is 11.6 Å². The first-order valence-electron chi connectivity index (χ1n) is 5.83. The van der Waals surface area contributed by atoms with Gasteiger partial charge in [0.1, 0.15) is 5.75 Å². The molecule has 20 heavy (non-hydrogen) atoms. The highest BCUT2D eigenvalue weighted by molar-refractivity contribution is 6.30. The molecule has 0 aromatic heterocycles. The maximum absolute atomic E-state index is 11.0. The summed E-state index contributed by atoms with van der Waals surface area (Å²) in [6.45, 7) is 1.73. The first-order chi connectivity index (χ1) is 9.51. The van der Waals surface area contributed by atoms with Crippen molar-refractivity contribution in [3.63, 3.8) is 0 Å². The highest BCUT2D eigenvalue weighted by atomic mass is 35.5. The molecule has 1 N–H and O–H groups in total. The van der Waals surface area contributed by atoms with E-state index in [2.05, 4.69) is 0 Å². The number of benzene rings is 2. The minimum Gasteiger partial charge on any atom is -0.450 e. The number of ether oxygens (including phenoxy) is 1. The number of nitro groups is 1. The summed E-state index contributed by atoms with van der Waals surface area (Å²) in [5.41, 5.74) is 1.36. The summed E-state index contributed by atoms with van der Waals surface area (Å²) in [6, 6.07) is 9.25. The molecule has 0 aliphatic heterocycles. The summed E-state index contributed by atoms with van der Waals surface area (Å²) < 4.78 is 5.57. The summed E-state index contributed by atoms with van der Waals surface area (Å²) in [5, 5.41) is 20.4. The van der Waals surface area contributed by atoms with Crippen molar-refractivity contribution in [2.45, 2.75) is 13.5 Å². The van der Waals surface area contributed by atoms with Crippen molar-refractivity contribution in [3.8, 4) is 11.5 Å². The predicted molar refractivity (Wildman–Crippen MR) is 75.3 cm³/mol. The van der Waals surface area contributed by atoms with E-state index >= 15 is 0 Å². The maximum Gasteiger partial charge on any atom is 0.311 e. The summed E-state index contributed by atoms with van der Waals surface area (Å²) >= 11 is 5.84. The fraction of sp³-hybridized carbons (Fsp3) is 0.143. The summed E-state index contributed by atoms with van der Waals surface area (Å²) in [6.07, 6.45) is 0. The molecule has 0 saturated heterocycles. The van der Waals surface area contributed by atoms with Crippen LogP contribution in [0.25, 0.3) is 0 Å². The fourth-order valence-corrected chi connectivity index (χ4v) is 1.93. The van der Waals surface area contributed by atoms with Crippen LogP contribution in [0.5, 0.6) is 11.5 Å². The molecule has 2 aromatic carbocycles. The third kappa shape index (κ3) is 3.07. The molecular weight excluding hydrogens is 282 g/mol. The molecule has 0 amide bonds. The lowest BCUT2D eigenvalue weighted by Crippen LogP contribution is -1.95. The molecule has 0 heterocycles. The number of nitro benzene ring substituents is 1. The normalized spacial score (nSPS) is 10.3. The Labute approximate surface area is 120 Å². The van der Waals surface area contributed by atoms with E-state index in [-0.39, 0.29) is 18.0 Å². The molecule has 2 aromatic rings. The van der Waals surface area contributed by atoms with Gasteiger partial charge >= 0.3 is 5.69 Å². The Kier molecular flexibility index (Phi) is 4.22. The summed E-state index contributed by atoms with van der Waals surface area (Å²) in [4.78, 5) is 10.4. The minimum absolute atomic E-state index is 0.0710. The zero-order chi connectivity index (χ0) is 14.7. The molecule has 0 atom stereocenters. The lowest BCUT2D eigenvalue weighted by Gasteiger charge is -2.10. The van der Waals surface area contributed by atoms with Gasteiger partial charge < -0.3 is 9.84 Å². The first kappa shape index (κ1) is 14.3. The highest BCUT2D eigenvalue weighted by Crippen LogP contribution is 2.35. The fourth-order valence-electron chi connectivity index (χ4n) is 1.76. The van der Waals surface area contributed by atoms with Crippen LogP contribution in [-0.2, 0) is 6.61 Å². The number of hydrogen-bond donors (Lipinski definition) is 1. The molecule has 0 radical (unpaired) electrons. The standard InChI is InChI=1S/C14H12ClNO4/c1-9-6-10(8-17)2-5-13(9)20-14-7-11(15)3-4-12(14)16(18)19/h2-7,17H,8H2,1H3. The molecule has 6 heteroatoms. The van der Waals surface area contributed by atoms with Crippen LogP contribution in [0, 0.1) is 17.0 Å². The second-order valence-corrected chi connectivity index (χ2v) is 4.67. The van der Waals surface area contributed by atoms with Gasteiger partial charge in [0.15, 0.2) is 0 Å². The third-order valence-corrected chi connectivity index (χ3v) is 3.00. The van der Waals surface area contributed by atoms with Gasteiger partial charge in [-0.3, -0.25) is 10.1 Å². The number of nitrogens with zero attached hydrogens (tertiary/aromatic N) is 1. The van der Waals surface area contributed by atoms with Crippen molar-refractivity contribution in [2.24, 2.45) is 0 Å². The maximum atomic E-state index is 11.0. The van der Waals surface area contributed by atoms with Crippen LogP contribution in [0.15, 0.2) is 36.4 Å². The monoisotopic (exact) mass is 293 g/mol. The average Bonchev–Trinajstić information content (AvgIpc) is 2.40. The van der Waals surface area contributed by atoms with E-state index in [0.717, 1.165) is 11.1 Å². The Morgan fingerprint density at radius 1 is 1.25 bits per heavy atom. The number of rotatable bonds is 4. The van der Waals surface area contributed by atoms with Gasteiger partial charge in [-0.1, -0.05) is 23.7 Å². The zero-order valence-corrected chi connectivity index (χ0v) is 11.4. The summed E-state index contributed by atoms with van der Waals surface area (Å²) in [5.74, 6) is 0.565. The van der Waals surface area contributed by atoms with Gasteiger partial charge in [0.05, 0.1) is 11.5 Å². The van der Waals surface area contributed by atoms with Crippen LogP contribution in [-0.4, -0.2) is 10.0 Å². The Morgan fingerprint density at radius 2 is 2.00 bits per heavy atom. The topological polar surface area (TPSA) is 72.6 Å². The molecule has 0 bridgehead atoms. The first-order valence-corrected chi connectivity index (χ1v) is 6.21. The molecule has 5 nitrogen and oxygen atoms in total. The van der Waals surface area contributed by atoms with E-state index in [1.807, 2.05) is 0 Å². The van der Waals surface area contributed by atoms with Crippen LogP contribution in [0.1, 0.15) is 11.1 Å². The van der Waals surface area contributed by atoms with E-state index in [9.17, 15) is 10.1 Å². The number of hydrogen-bond acceptors (Lipinski definition) is 4. The van der Waals surface area contributed by atoms with Gasteiger partial charge in [-0.25, -0.2) is 0 Å². The Morgan fingerprint density at radius 3 is 2.60 bits per heavy atom. The highest BCUT2D eigenvalue weighted by Gasteiger charge is 2.17. The van der Waals surface area contributed by atoms with Crippen molar-refractivity contribution in [1.29, 1.82) is 0 Å². The zero-order valence-electron chi connectivity index (χ0n) is 10.7. The number of halogens is 1. The van der Waals surface area contributed by atoms with Crippen molar-refractivity contribution < 1.29 is 14.8 Å². The lowest BCUT2D eigenvalue weighted by molar-refractivity contribution is -0.385. The Hall–Kier alpha value is -2.11. The second kappa shape index (κ2) is 5.90. The molecule has 0 aliphatic rings. The molecule has 0 unspecified atom stereocenters. The SMILES string of the molecule is Cc1cc(CO)ccc1Oc1cc(Cl)ccc1[N+](=O)[O-]. The van der Waals surface area contributed by atoms with Crippen molar-refractivity contribution >= 4 is 17.3 Å². The van der Waals surface area contributed by atoms with Gasteiger partial charge in [0.2, 0.25) is 5.75 Å². The average molecular weight is 294 g/mol. The quantitative estimate of drug-likeness (QED) is 0.686. The molecule has 0 aliphatic carbocycles. The van der Waals surface area contributed by atoms with Crippen LogP contribution in [0.2, 0.25) is 5.02 Å². The van der Waals surface area contributed by atoms with Gasteiger partial charge in [0.25, 0.3) is 0 Å². The smallest absolute Gasteiger partial charge is 0.311 e. The molecule has 0 spiro atoms. The Bertz CT molecular complexity index is 658. The van der Waals surface area contributed by atoms with Crippen LogP contribution in [0.3, 0.4) is 0 Å². The lowest BCUT2D eigenvalue weighted by atomic mass is 10.1. The Balaban J connectivity index is 2.39. The molecular formula is C14H12ClNO4. The van der Waals surface area contributed by atoms with Crippen LogP contribution in [0.4, 0.5) is 5.69 Å². The second-order valence-electron chi connectivity index (χ2n) is 4.23. The molecule has 104 valence electrons. The molecule has 2 rings (SSSR count). The van der Waals surface area contributed by atoms with Gasteiger partial charge in [-0.2, -0.15) is 0 Å². The van der Waals surface area contributed by atoms with Gasteiger partial charge in [-0.05, 0) is 30.2 Å². The van der Waals surface area contributed by atoms with Gasteiger partial charge in [0, 0.05) is 17.2 Å². The van der Waals surface area contributed by atoms with E-state index in [1.54, 1.807) is 25.1 Å². The minimum atomic E-state index is -0.525. The predicted octanol–water partition coefficient (Wildman–Crippen LogP) is 3.84. The largest absolute Gasteiger partial charge is 0.450 e.